The number of thiazole rings is 2. The Morgan fingerprint density at radius 3 is 2.95 bits per heavy atom. The minimum Gasteiger partial charge on any atom is -0.493 e. The molecule has 0 saturated carbocycles. The molecule has 108 valence electrons. The summed E-state index contributed by atoms with van der Waals surface area (Å²) in [5.41, 5.74) is 2.88. The largest absolute Gasteiger partial charge is 0.493 e. The van der Waals surface area contributed by atoms with E-state index >= 15 is 0 Å². The van der Waals surface area contributed by atoms with E-state index in [0.29, 0.717) is 10.0 Å². The van der Waals surface area contributed by atoms with Gasteiger partial charge in [0.05, 0.1) is 10.6 Å². The minimum atomic E-state index is 0.0373. The van der Waals surface area contributed by atoms with Gasteiger partial charge < -0.3 is 5.11 Å². The third-order valence-electron chi connectivity index (χ3n) is 3.30. The highest BCUT2D eigenvalue weighted by Gasteiger charge is 2.16. The molecule has 0 unspecified atom stereocenters. The van der Waals surface area contributed by atoms with E-state index in [-0.39, 0.29) is 10.7 Å². The molecule has 0 spiro atoms. The van der Waals surface area contributed by atoms with Gasteiger partial charge in [0.1, 0.15) is 0 Å². The Morgan fingerprint density at radius 2 is 2.14 bits per heavy atom. The molecule has 1 aliphatic rings. The number of allylic oxidation sites excluding steroid dienone is 1. The molecule has 0 atom stereocenters. The van der Waals surface area contributed by atoms with Crippen molar-refractivity contribution in [3.8, 4) is 11.0 Å². The second kappa shape index (κ2) is 5.04. The molecule has 3 aromatic rings. The van der Waals surface area contributed by atoms with Crippen LogP contribution in [0.5, 0.6) is 5.88 Å². The van der Waals surface area contributed by atoms with Gasteiger partial charge in [-0.1, -0.05) is 29.5 Å². The van der Waals surface area contributed by atoms with Gasteiger partial charge >= 0.3 is 0 Å². The third-order valence-corrected chi connectivity index (χ3v) is 4.95. The van der Waals surface area contributed by atoms with Crippen LogP contribution in [0, 0.1) is 5.41 Å². The van der Waals surface area contributed by atoms with Crippen LogP contribution in [0.1, 0.15) is 10.4 Å². The van der Waals surface area contributed by atoms with Gasteiger partial charge in [-0.05, 0) is 12.1 Å². The van der Waals surface area contributed by atoms with E-state index in [1.54, 1.807) is 12.4 Å². The van der Waals surface area contributed by atoms with Crippen molar-refractivity contribution in [3.63, 3.8) is 0 Å². The minimum absolute atomic E-state index is 0.0373. The maximum atomic E-state index is 10.4. The fraction of sp³-hybridized carbons (Fsp3) is 0. The van der Waals surface area contributed by atoms with E-state index in [1.807, 2.05) is 35.7 Å². The molecule has 0 amide bonds. The van der Waals surface area contributed by atoms with Gasteiger partial charge in [0.15, 0.2) is 9.93 Å². The summed E-state index contributed by atoms with van der Waals surface area (Å²) in [5.74, 6) is 0.0373. The number of aliphatic imine (C=N–C) groups is 1. The molecular weight excluding hydrogens is 316 g/mol. The Labute approximate surface area is 133 Å². The zero-order chi connectivity index (χ0) is 15.1. The van der Waals surface area contributed by atoms with E-state index < -0.39 is 0 Å². The molecule has 0 fully saturated rings. The van der Waals surface area contributed by atoms with Gasteiger partial charge in [0, 0.05) is 28.9 Å². The summed E-state index contributed by atoms with van der Waals surface area (Å²) in [7, 11) is 0. The predicted molar refractivity (Wildman–Crippen MR) is 89.3 cm³/mol. The van der Waals surface area contributed by atoms with Crippen LogP contribution >= 0.6 is 22.7 Å². The van der Waals surface area contributed by atoms with Crippen molar-refractivity contribution in [2.75, 3.05) is 0 Å². The monoisotopic (exact) mass is 326 g/mol. The molecule has 1 aromatic carbocycles. The van der Waals surface area contributed by atoms with E-state index in [4.69, 9.17) is 5.41 Å². The molecular formula is C15H10N4OS2. The van der Waals surface area contributed by atoms with Gasteiger partial charge in [0.25, 0.3) is 0 Å². The van der Waals surface area contributed by atoms with E-state index in [2.05, 4.69) is 9.98 Å². The van der Waals surface area contributed by atoms with Crippen molar-refractivity contribution in [3.05, 3.63) is 51.1 Å². The summed E-state index contributed by atoms with van der Waals surface area (Å²) in [6, 6.07) is 7.85. The molecule has 22 heavy (non-hydrogen) atoms. The van der Waals surface area contributed by atoms with E-state index in [0.717, 1.165) is 16.8 Å². The molecule has 1 aliphatic heterocycles. The van der Waals surface area contributed by atoms with Crippen LogP contribution < -0.4 is 4.80 Å². The first-order valence-corrected chi connectivity index (χ1v) is 8.18. The lowest BCUT2D eigenvalue weighted by atomic mass is 10.1. The van der Waals surface area contributed by atoms with Gasteiger partial charge in [-0.25, -0.2) is 9.55 Å². The molecule has 2 aromatic heterocycles. The van der Waals surface area contributed by atoms with Gasteiger partial charge in [-0.2, -0.15) is 0 Å². The summed E-state index contributed by atoms with van der Waals surface area (Å²) in [4.78, 5) is 9.36. The summed E-state index contributed by atoms with van der Waals surface area (Å²) in [6.45, 7) is 0. The second-order valence-corrected chi connectivity index (χ2v) is 6.52. The Balaban J connectivity index is 1.83. The van der Waals surface area contributed by atoms with Gasteiger partial charge in [-0.3, -0.25) is 10.4 Å². The van der Waals surface area contributed by atoms with Crippen molar-refractivity contribution < 1.29 is 5.11 Å². The molecule has 0 aliphatic carbocycles. The average molecular weight is 326 g/mol. The van der Waals surface area contributed by atoms with Crippen molar-refractivity contribution in [2.45, 2.75) is 0 Å². The molecule has 3 heterocycles. The molecule has 4 rings (SSSR count). The summed E-state index contributed by atoms with van der Waals surface area (Å²) < 4.78 is 1.44. The smallest absolute Gasteiger partial charge is 0.217 e. The van der Waals surface area contributed by atoms with Crippen molar-refractivity contribution in [1.29, 1.82) is 5.41 Å². The highest BCUT2D eigenvalue weighted by Crippen LogP contribution is 2.34. The van der Waals surface area contributed by atoms with Gasteiger partial charge in [-0.15, -0.1) is 11.3 Å². The number of rotatable bonds is 2. The van der Waals surface area contributed by atoms with Crippen LogP contribution in [0.15, 0.2) is 40.8 Å². The van der Waals surface area contributed by atoms with Crippen molar-refractivity contribution >= 4 is 46.2 Å². The summed E-state index contributed by atoms with van der Waals surface area (Å²) in [5, 5.41) is 20.9. The van der Waals surface area contributed by atoms with E-state index in [9.17, 15) is 5.11 Å². The zero-order valence-electron chi connectivity index (χ0n) is 11.2. The lowest BCUT2D eigenvalue weighted by molar-refractivity contribution is 0.438. The first-order chi connectivity index (χ1) is 10.7. The molecule has 0 radical (unpaired) electrons. The SMILES string of the molecule is N=c1sc(/C=C2/C=Nc3ccccc32)c(O)n1-c1nccs1. The standard InChI is InChI=1S/C15H10N4OS2/c16-14-19(15-17-5-6-21-15)13(20)12(22-14)7-9-8-18-11-4-2-1-3-10(9)11/h1-8,16,20H/b9-7-,16-14?. The summed E-state index contributed by atoms with van der Waals surface area (Å²) >= 11 is 2.59. The third kappa shape index (κ3) is 2.02. The summed E-state index contributed by atoms with van der Waals surface area (Å²) in [6.07, 6.45) is 5.29. The molecule has 2 N–H and O–H groups in total. The van der Waals surface area contributed by atoms with Crippen LogP contribution in [0.25, 0.3) is 16.8 Å². The van der Waals surface area contributed by atoms with Crippen molar-refractivity contribution in [1.82, 2.24) is 9.55 Å². The van der Waals surface area contributed by atoms with Crippen molar-refractivity contribution in [2.24, 2.45) is 4.99 Å². The van der Waals surface area contributed by atoms with Gasteiger partial charge in [0.2, 0.25) is 5.88 Å². The van der Waals surface area contributed by atoms with Crippen LogP contribution in [-0.4, -0.2) is 20.9 Å². The maximum Gasteiger partial charge on any atom is 0.217 e. The number of hydrogen-bond donors (Lipinski definition) is 2. The van der Waals surface area contributed by atoms with Crippen LogP contribution in [0.3, 0.4) is 0 Å². The fourth-order valence-corrected chi connectivity index (χ4v) is 3.84. The van der Waals surface area contributed by atoms with Crippen LogP contribution in [-0.2, 0) is 0 Å². The molecule has 0 saturated heterocycles. The quantitative estimate of drug-likeness (QED) is 0.757. The van der Waals surface area contributed by atoms with Crippen LogP contribution in [0.4, 0.5) is 5.69 Å². The zero-order valence-corrected chi connectivity index (χ0v) is 12.9. The normalized spacial score (nSPS) is 14.6. The number of aromatic hydroxyl groups is 1. The molecule has 7 heteroatoms. The fourth-order valence-electron chi connectivity index (χ4n) is 2.29. The number of hydrogen-bond acceptors (Lipinski definition) is 6. The first kappa shape index (κ1) is 13.2. The number of nitrogens with one attached hydrogen (secondary N) is 1. The Morgan fingerprint density at radius 1 is 1.27 bits per heavy atom. The maximum absolute atomic E-state index is 10.4. The molecule has 0 bridgehead atoms. The first-order valence-electron chi connectivity index (χ1n) is 6.48. The second-order valence-electron chi connectivity index (χ2n) is 4.62. The number of para-hydroxylation sites is 1. The average Bonchev–Trinajstić information content (AvgIpc) is 3.22. The predicted octanol–water partition coefficient (Wildman–Crippen LogP) is 3.44. The Hall–Kier alpha value is -2.51. The Kier molecular flexibility index (Phi) is 3.02. The highest BCUT2D eigenvalue weighted by atomic mass is 32.1. The lowest BCUT2D eigenvalue weighted by Gasteiger charge is -2.00. The topological polar surface area (TPSA) is 74.3 Å². The molecule has 5 nitrogen and oxygen atoms in total. The number of fused-ring (bicyclic) bond motifs is 1. The van der Waals surface area contributed by atoms with E-state index in [1.165, 1.54) is 27.2 Å². The number of benzene rings is 1. The lowest BCUT2D eigenvalue weighted by Crippen LogP contribution is -2.09. The van der Waals surface area contributed by atoms with Crippen LogP contribution in [0.2, 0.25) is 0 Å². The Bertz CT molecular complexity index is 964. The highest BCUT2D eigenvalue weighted by molar-refractivity contribution is 7.13. The number of nitrogens with zero attached hydrogens (tertiary/aromatic N) is 3. The number of aromatic nitrogens is 2.